The van der Waals surface area contributed by atoms with Crippen LogP contribution in [0.5, 0.6) is 0 Å². The Kier molecular flexibility index (Phi) is 2.33. The molecule has 0 unspecified atom stereocenters. The Morgan fingerprint density at radius 1 is 1.29 bits per heavy atom. The number of nitrogens with zero attached hydrogens (tertiary/aromatic N) is 1. The van der Waals surface area contributed by atoms with Crippen molar-refractivity contribution in [3.63, 3.8) is 0 Å². The number of carbonyl (C=O) groups is 1. The molecule has 2 rings (SSSR count). The zero-order chi connectivity index (χ0) is 10.1. The second-order valence-corrected chi connectivity index (χ2v) is 3.88. The molecule has 2 nitrogen and oxygen atoms in total. The van der Waals surface area contributed by atoms with Crippen LogP contribution in [0.4, 0.5) is 0 Å². The highest BCUT2D eigenvalue weighted by atomic mass is 79.9. The number of hydrogen-bond acceptors (Lipinski definition) is 2. The molecular formula is C11H8BrNO. The van der Waals surface area contributed by atoms with E-state index >= 15 is 0 Å². The normalized spacial score (nSPS) is 10.4. The number of benzene rings is 1. The molecule has 0 spiro atoms. The molecule has 0 atom stereocenters. The first-order valence-electron chi connectivity index (χ1n) is 4.25. The first kappa shape index (κ1) is 9.34. The molecule has 0 N–H and O–H groups in total. The predicted molar refractivity (Wildman–Crippen MR) is 59.4 cm³/mol. The fourth-order valence-corrected chi connectivity index (χ4v) is 1.72. The number of fused-ring (bicyclic) bond motifs is 1. The van der Waals surface area contributed by atoms with E-state index in [1.165, 1.54) is 0 Å². The zero-order valence-electron chi connectivity index (χ0n) is 7.62. The van der Waals surface area contributed by atoms with Crippen molar-refractivity contribution >= 4 is 32.6 Å². The molecule has 0 aliphatic heterocycles. The summed E-state index contributed by atoms with van der Waals surface area (Å²) in [5.74, 6) is 0.0428. The lowest BCUT2D eigenvalue weighted by atomic mass is 10.1. The topological polar surface area (TPSA) is 30.0 Å². The van der Waals surface area contributed by atoms with Crippen molar-refractivity contribution in [2.75, 3.05) is 0 Å². The first-order valence-corrected chi connectivity index (χ1v) is 5.04. The van der Waals surface area contributed by atoms with Crippen LogP contribution in [0, 0.1) is 0 Å². The maximum absolute atomic E-state index is 11.3. The fraction of sp³-hybridized carbons (Fsp3) is 0.0909. The van der Waals surface area contributed by atoms with E-state index in [0.29, 0.717) is 5.56 Å². The Bertz CT molecular complexity index is 508. The number of hydrogen-bond donors (Lipinski definition) is 0. The van der Waals surface area contributed by atoms with Crippen LogP contribution >= 0.6 is 15.9 Å². The third kappa shape index (κ3) is 1.55. The second kappa shape index (κ2) is 3.50. The Labute approximate surface area is 90.1 Å². The van der Waals surface area contributed by atoms with Gasteiger partial charge in [0.05, 0.1) is 5.52 Å². The molecule has 0 radical (unpaired) electrons. The quantitative estimate of drug-likeness (QED) is 0.574. The van der Waals surface area contributed by atoms with Crippen molar-refractivity contribution < 1.29 is 4.79 Å². The van der Waals surface area contributed by atoms with E-state index < -0.39 is 0 Å². The number of Topliss-reactive ketones (excluding diaryl/α,β-unsaturated/α-hetero) is 1. The smallest absolute Gasteiger partial charge is 0.161 e. The number of ketones is 1. The van der Waals surface area contributed by atoms with Crippen molar-refractivity contribution in [3.05, 3.63) is 40.5 Å². The van der Waals surface area contributed by atoms with Gasteiger partial charge in [-0.15, -0.1) is 0 Å². The summed E-state index contributed by atoms with van der Waals surface area (Å²) in [6.45, 7) is 1.55. The van der Waals surface area contributed by atoms with Crippen molar-refractivity contribution in [2.45, 2.75) is 6.92 Å². The summed E-state index contributed by atoms with van der Waals surface area (Å²) in [7, 11) is 0. The van der Waals surface area contributed by atoms with Gasteiger partial charge >= 0.3 is 0 Å². The monoisotopic (exact) mass is 249 g/mol. The van der Waals surface area contributed by atoms with Gasteiger partial charge in [0, 0.05) is 10.9 Å². The molecule has 1 heterocycles. The third-order valence-corrected chi connectivity index (χ3v) is 2.51. The Morgan fingerprint density at radius 3 is 2.79 bits per heavy atom. The zero-order valence-corrected chi connectivity index (χ0v) is 9.21. The molecule has 0 fully saturated rings. The third-order valence-electron chi connectivity index (χ3n) is 2.07. The van der Waals surface area contributed by atoms with Gasteiger partial charge < -0.3 is 0 Å². The van der Waals surface area contributed by atoms with Crippen LogP contribution in [0.1, 0.15) is 17.3 Å². The van der Waals surface area contributed by atoms with Crippen molar-refractivity contribution in [1.82, 2.24) is 4.98 Å². The summed E-state index contributed by atoms with van der Waals surface area (Å²) in [6.07, 6.45) is 0. The first-order chi connectivity index (χ1) is 6.68. The molecular weight excluding hydrogens is 242 g/mol. The van der Waals surface area contributed by atoms with E-state index in [1.807, 2.05) is 24.3 Å². The van der Waals surface area contributed by atoms with E-state index in [4.69, 9.17) is 0 Å². The molecule has 0 saturated heterocycles. The lowest BCUT2D eigenvalue weighted by Crippen LogP contribution is -1.95. The minimum Gasteiger partial charge on any atom is -0.294 e. The lowest BCUT2D eigenvalue weighted by Gasteiger charge is -2.02. The maximum atomic E-state index is 11.3. The van der Waals surface area contributed by atoms with Crippen LogP contribution in [-0.4, -0.2) is 10.8 Å². The molecule has 0 bridgehead atoms. The van der Waals surface area contributed by atoms with Crippen molar-refractivity contribution in [1.29, 1.82) is 0 Å². The summed E-state index contributed by atoms with van der Waals surface area (Å²) in [5, 5.41) is 0.987. The van der Waals surface area contributed by atoms with Gasteiger partial charge in [-0.1, -0.05) is 18.2 Å². The fourth-order valence-electron chi connectivity index (χ4n) is 1.41. The minimum absolute atomic E-state index is 0.0428. The van der Waals surface area contributed by atoms with Crippen molar-refractivity contribution in [3.8, 4) is 0 Å². The average Bonchev–Trinajstić information content (AvgIpc) is 2.16. The standard InChI is InChI=1S/C11H8BrNO/c1-7(14)9-4-2-3-8-5-6-10(12)13-11(8)9/h2-6H,1H3. The van der Waals surface area contributed by atoms with E-state index in [-0.39, 0.29) is 5.78 Å². The van der Waals surface area contributed by atoms with Gasteiger partial charge in [-0.3, -0.25) is 4.79 Å². The molecule has 1 aromatic carbocycles. The van der Waals surface area contributed by atoms with Gasteiger partial charge in [0.15, 0.2) is 5.78 Å². The largest absolute Gasteiger partial charge is 0.294 e. The summed E-state index contributed by atoms with van der Waals surface area (Å²) < 4.78 is 0.749. The van der Waals surface area contributed by atoms with Crippen LogP contribution in [-0.2, 0) is 0 Å². The van der Waals surface area contributed by atoms with Gasteiger partial charge in [0.1, 0.15) is 4.60 Å². The highest BCUT2D eigenvalue weighted by Crippen LogP contribution is 2.19. The molecule has 14 heavy (non-hydrogen) atoms. The van der Waals surface area contributed by atoms with Crippen LogP contribution in [0.25, 0.3) is 10.9 Å². The molecule has 0 saturated carbocycles. The predicted octanol–water partition coefficient (Wildman–Crippen LogP) is 3.20. The SMILES string of the molecule is CC(=O)c1cccc2ccc(Br)nc12. The second-order valence-electron chi connectivity index (χ2n) is 3.07. The summed E-state index contributed by atoms with van der Waals surface area (Å²) >= 11 is 3.29. The van der Waals surface area contributed by atoms with Crippen LogP contribution in [0.2, 0.25) is 0 Å². The number of aromatic nitrogens is 1. The van der Waals surface area contributed by atoms with Gasteiger partial charge in [-0.2, -0.15) is 0 Å². The van der Waals surface area contributed by atoms with Gasteiger partial charge in [0.25, 0.3) is 0 Å². The van der Waals surface area contributed by atoms with Crippen LogP contribution < -0.4 is 0 Å². The van der Waals surface area contributed by atoms with E-state index in [9.17, 15) is 4.79 Å². The maximum Gasteiger partial charge on any atom is 0.161 e. The van der Waals surface area contributed by atoms with Crippen LogP contribution in [0.15, 0.2) is 34.9 Å². The van der Waals surface area contributed by atoms with Crippen molar-refractivity contribution in [2.24, 2.45) is 0 Å². The molecule has 3 heteroatoms. The highest BCUT2D eigenvalue weighted by molar-refractivity contribution is 9.10. The summed E-state index contributed by atoms with van der Waals surface area (Å²) in [5.41, 5.74) is 1.43. The van der Waals surface area contributed by atoms with Gasteiger partial charge in [-0.25, -0.2) is 4.98 Å². The molecule has 0 amide bonds. The summed E-state index contributed by atoms with van der Waals surface area (Å²) in [6, 6.07) is 9.42. The van der Waals surface area contributed by atoms with E-state index in [1.54, 1.807) is 13.0 Å². The number of halogens is 1. The van der Waals surface area contributed by atoms with Crippen LogP contribution in [0.3, 0.4) is 0 Å². The molecule has 70 valence electrons. The van der Waals surface area contributed by atoms with Gasteiger partial charge in [0.2, 0.25) is 0 Å². The van der Waals surface area contributed by atoms with Gasteiger partial charge in [-0.05, 0) is 35.0 Å². The summed E-state index contributed by atoms with van der Waals surface area (Å²) in [4.78, 5) is 15.6. The average molecular weight is 250 g/mol. The Hall–Kier alpha value is -1.22. The minimum atomic E-state index is 0.0428. The molecule has 2 aromatic rings. The van der Waals surface area contributed by atoms with E-state index in [0.717, 1.165) is 15.5 Å². The Morgan fingerprint density at radius 2 is 2.07 bits per heavy atom. The van der Waals surface area contributed by atoms with E-state index in [2.05, 4.69) is 20.9 Å². The number of rotatable bonds is 1. The molecule has 0 aliphatic rings. The number of carbonyl (C=O) groups excluding carboxylic acids is 1. The number of pyridine rings is 1. The molecule has 1 aromatic heterocycles. The molecule has 0 aliphatic carbocycles. The lowest BCUT2D eigenvalue weighted by molar-refractivity contribution is 0.101. The number of para-hydroxylation sites is 1. The highest BCUT2D eigenvalue weighted by Gasteiger charge is 2.06. The Balaban J connectivity index is 2.84.